The normalized spacial score (nSPS) is 13.8. The van der Waals surface area contributed by atoms with E-state index in [0.29, 0.717) is 11.9 Å². The summed E-state index contributed by atoms with van der Waals surface area (Å²) in [5, 5.41) is 3.48. The van der Waals surface area contributed by atoms with Crippen molar-refractivity contribution in [3.8, 4) is 0 Å². The summed E-state index contributed by atoms with van der Waals surface area (Å²) in [6.45, 7) is 4.50. The van der Waals surface area contributed by atoms with Crippen molar-refractivity contribution in [2.24, 2.45) is 0 Å². The summed E-state index contributed by atoms with van der Waals surface area (Å²) in [7, 11) is 6.34. The highest BCUT2D eigenvalue weighted by molar-refractivity contribution is 5.39. The summed E-state index contributed by atoms with van der Waals surface area (Å²) in [5.74, 6) is 0.641. The average Bonchev–Trinajstić information content (AvgIpc) is 2.41. The van der Waals surface area contributed by atoms with Crippen LogP contribution in [0.3, 0.4) is 0 Å². The third-order valence-corrected chi connectivity index (χ3v) is 4.46. The van der Waals surface area contributed by atoms with E-state index in [9.17, 15) is 0 Å². The van der Waals surface area contributed by atoms with E-state index in [-0.39, 0.29) is 5.54 Å². The van der Waals surface area contributed by atoms with E-state index in [0.717, 1.165) is 24.8 Å². The minimum atomic E-state index is 0.136. The molecular formula is C15H28N4. The second-order valence-corrected chi connectivity index (χ2v) is 5.30. The number of pyridine rings is 1. The molecule has 0 spiro atoms. The zero-order chi connectivity index (χ0) is 14.5. The maximum Gasteiger partial charge on any atom is 0.126 e. The van der Waals surface area contributed by atoms with Gasteiger partial charge in [0.2, 0.25) is 0 Å². The minimum Gasteiger partial charge on any atom is -0.383 e. The summed E-state index contributed by atoms with van der Waals surface area (Å²) in [6, 6.07) is 4.37. The molecule has 0 aliphatic carbocycles. The lowest BCUT2D eigenvalue weighted by Gasteiger charge is -2.45. The Labute approximate surface area is 117 Å². The molecule has 0 aliphatic rings. The molecule has 3 N–H and O–H groups in total. The molecule has 108 valence electrons. The average molecular weight is 264 g/mol. The first kappa shape index (κ1) is 15.9. The molecule has 0 aliphatic heterocycles. The van der Waals surface area contributed by atoms with Gasteiger partial charge in [-0.3, -0.25) is 0 Å². The largest absolute Gasteiger partial charge is 0.383 e. The number of nitrogens with two attached hydrogens (primary N) is 1. The molecule has 0 aromatic carbocycles. The molecule has 1 aromatic heterocycles. The van der Waals surface area contributed by atoms with Crippen molar-refractivity contribution in [2.75, 3.05) is 26.9 Å². The number of nitrogens with zero attached hydrogens (tertiary/aromatic N) is 2. The summed E-state index contributed by atoms with van der Waals surface area (Å²) in [6.07, 6.45) is 4.84. The number of aromatic nitrogens is 1. The van der Waals surface area contributed by atoms with Crippen molar-refractivity contribution in [1.82, 2.24) is 15.2 Å². The van der Waals surface area contributed by atoms with E-state index >= 15 is 0 Å². The Hall–Kier alpha value is -1.13. The monoisotopic (exact) mass is 264 g/mol. The standard InChI is InChI=1S/C15H28N4/c1-6-15(7-2,19(4)5)13(17-3)11-12-9-8-10-18-14(12)16/h8-10,13,17H,6-7,11H2,1-5H3,(H2,16,18). The van der Waals surface area contributed by atoms with Crippen molar-refractivity contribution in [2.45, 2.75) is 44.7 Å². The van der Waals surface area contributed by atoms with Crippen molar-refractivity contribution in [3.63, 3.8) is 0 Å². The van der Waals surface area contributed by atoms with Crippen LogP contribution >= 0.6 is 0 Å². The van der Waals surface area contributed by atoms with E-state index in [1.807, 2.05) is 13.1 Å². The smallest absolute Gasteiger partial charge is 0.126 e. The first-order chi connectivity index (χ1) is 9.01. The second-order valence-electron chi connectivity index (χ2n) is 5.30. The first-order valence-corrected chi connectivity index (χ1v) is 7.05. The predicted octanol–water partition coefficient (Wildman–Crippen LogP) is 1.91. The molecule has 0 saturated heterocycles. The molecule has 1 rings (SSSR count). The van der Waals surface area contributed by atoms with Crippen molar-refractivity contribution in [1.29, 1.82) is 0 Å². The van der Waals surface area contributed by atoms with E-state index < -0.39 is 0 Å². The summed E-state index contributed by atoms with van der Waals surface area (Å²) in [5.41, 5.74) is 7.23. The Kier molecular flexibility index (Phi) is 5.76. The number of hydrogen-bond donors (Lipinski definition) is 2. The summed E-state index contributed by atoms with van der Waals surface area (Å²) < 4.78 is 0. The van der Waals surface area contributed by atoms with Crippen LogP contribution in [0.2, 0.25) is 0 Å². The molecule has 0 saturated carbocycles. The molecule has 0 amide bonds. The molecule has 4 heteroatoms. The topological polar surface area (TPSA) is 54.2 Å². The Morgan fingerprint density at radius 3 is 2.42 bits per heavy atom. The van der Waals surface area contributed by atoms with Crippen LogP contribution < -0.4 is 11.1 Å². The number of anilines is 1. The van der Waals surface area contributed by atoms with Crippen molar-refractivity contribution in [3.05, 3.63) is 23.9 Å². The third-order valence-electron chi connectivity index (χ3n) is 4.46. The summed E-state index contributed by atoms with van der Waals surface area (Å²) in [4.78, 5) is 6.52. The molecular weight excluding hydrogens is 236 g/mol. The Balaban J connectivity index is 3.02. The number of nitrogens with one attached hydrogen (secondary N) is 1. The maximum atomic E-state index is 5.97. The molecule has 1 heterocycles. The van der Waals surface area contributed by atoms with E-state index in [2.05, 4.69) is 49.2 Å². The highest BCUT2D eigenvalue weighted by atomic mass is 15.2. The van der Waals surface area contributed by atoms with Gasteiger partial charge in [-0.25, -0.2) is 4.98 Å². The minimum absolute atomic E-state index is 0.136. The van der Waals surface area contributed by atoms with Crippen LogP contribution in [-0.4, -0.2) is 42.6 Å². The predicted molar refractivity (Wildman–Crippen MR) is 82.2 cm³/mol. The zero-order valence-corrected chi connectivity index (χ0v) is 12.9. The van der Waals surface area contributed by atoms with Crippen LogP contribution in [-0.2, 0) is 6.42 Å². The summed E-state index contributed by atoms with van der Waals surface area (Å²) >= 11 is 0. The van der Waals surface area contributed by atoms with E-state index in [1.165, 1.54) is 0 Å². The van der Waals surface area contributed by atoms with Gasteiger partial charge < -0.3 is 16.0 Å². The molecule has 4 nitrogen and oxygen atoms in total. The van der Waals surface area contributed by atoms with Gasteiger partial charge in [0, 0.05) is 17.8 Å². The highest BCUT2D eigenvalue weighted by Crippen LogP contribution is 2.28. The second kappa shape index (κ2) is 6.87. The lowest BCUT2D eigenvalue weighted by molar-refractivity contribution is 0.0918. The van der Waals surface area contributed by atoms with Gasteiger partial charge in [-0.1, -0.05) is 19.9 Å². The maximum absolute atomic E-state index is 5.97. The van der Waals surface area contributed by atoms with Crippen LogP contribution in [0.5, 0.6) is 0 Å². The van der Waals surface area contributed by atoms with Gasteiger partial charge in [0.05, 0.1) is 0 Å². The Morgan fingerprint density at radius 1 is 1.37 bits per heavy atom. The van der Waals surface area contributed by atoms with Crippen LogP contribution in [0.15, 0.2) is 18.3 Å². The van der Waals surface area contributed by atoms with Crippen LogP contribution in [0, 0.1) is 0 Å². The number of rotatable bonds is 7. The fourth-order valence-electron chi connectivity index (χ4n) is 3.09. The Bertz CT molecular complexity index is 385. The van der Waals surface area contributed by atoms with E-state index in [1.54, 1.807) is 6.20 Å². The number of nitrogen functional groups attached to an aromatic ring is 1. The van der Waals surface area contributed by atoms with Gasteiger partial charge >= 0.3 is 0 Å². The van der Waals surface area contributed by atoms with Gasteiger partial charge in [-0.15, -0.1) is 0 Å². The fourth-order valence-corrected chi connectivity index (χ4v) is 3.09. The quantitative estimate of drug-likeness (QED) is 0.790. The number of hydrogen-bond acceptors (Lipinski definition) is 4. The zero-order valence-electron chi connectivity index (χ0n) is 12.9. The van der Waals surface area contributed by atoms with Crippen molar-refractivity contribution < 1.29 is 0 Å². The van der Waals surface area contributed by atoms with Crippen LogP contribution in [0.1, 0.15) is 32.3 Å². The number of likely N-dealkylation sites (N-methyl/N-ethyl adjacent to an activating group) is 2. The van der Waals surface area contributed by atoms with Crippen molar-refractivity contribution >= 4 is 5.82 Å². The molecule has 0 bridgehead atoms. The van der Waals surface area contributed by atoms with Crippen LogP contribution in [0.25, 0.3) is 0 Å². The molecule has 19 heavy (non-hydrogen) atoms. The SMILES string of the molecule is CCC(CC)(C(Cc1cccnc1N)NC)N(C)C. The molecule has 0 radical (unpaired) electrons. The van der Waals surface area contributed by atoms with Crippen LogP contribution in [0.4, 0.5) is 5.82 Å². The highest BCUT2D eigenvalue weighted by Gasteiger charge is 2.37. The van der Waals surface area contributed by atoms with Gasteiger partial charge in [0.25, 0.3) is 0 Å². The van der Waals surface area contributed by atoms with Gasteiger partial charge in [0.1, 0.15) is 5.82 Å². The lowest BCUT2D eigenvalue weighted by Crippen LogP contribution is -2.58. The Morgan fingerprint density at radius 2 is 2.00 bits per heavy atom. The lowest BCUT2D eigenvalue weighted by atomic mass is 9.80. The molecule has 1 atom stereocenters. The first-order valence-electron chi connectivity index (χ1n) is 7.05. The molecule has 0 fully saturated rings. The molecule has 1 aromatic rings. The third kappa shape index (κ3) is 3.25. The van der Waals surface area contributed by atoms with Gasteiger partial charge in [-0.2, -0.15) is 0 Å². The van der Waals surface area contributed by atoms with E-state index in [4.69, 9.17) is 5.73 Å². The fraction of sp³-hybridized carbons (Fsp3) is 0.667. The molecule has 1 unspecified atom stereocenters. The van der Waals surface area contributed by atoms with Gasteiger partial charge in [-0.05, 0) is 52.0 Å². The van der Waals surface area contributed by atoms with Gasteiger partial charge in [0.15, 0.2) is 0 Å².